The maximum absolute atomic E-state index is 12.8. The summed E-state index contributed by atoms with van der Waals surface area (Å²) in [7, 11) is 0. The van der Waals surface area contributed by atoms with E-state index in [1.54, 1.807) is 62.4 Å². The molecule has 0 bridgehead atoms. The first-order chi connectivity index (χ1) is 26.0. The van der Waals surface area contributed by atoms with Crippen molar-refractivity contribution in [3.05, 3.63) is 138 Å². The third kappa shape index (κ3) is 19.8. The molecule has 54 heavy (non-hydrogen) atoms. The lowest BCUT2D eigenvalue weighted by molar-refractivity contribution is -0.142. The molecule has 0 radical (unpaired) electrons. The van der Waals surface area contributed by atoms with Crippen LogP contribution in [0.3, 0.4) is 0 Å². The van der Waals surface area contributed by atoms with Gasteiger partial charge in [0.15, 0.2) is 11.4 Å². The van der Waals surface area contributed by atoms with Crippen LogP contribution in [0.15, 0.2) is 121 Å². The number of allylic oxidation sites excluding steroid dienone is 12. The molecule has 1 atom stereocenters. The lowest BCUT2D eigenvalue weighted by Gasteiger charge is -2.25. The van der Waals surface area contributed by atoms with Crippen LogP contribution in [-0.2, 0) is 14.4 Å². The van der Waals surface area contributed by atoms with Gasteiger partial charge in [0, 0.05) is 29.1 Å². The minimum absolute atomic E-state index is 0.152. The molecule has 0 saturated heterocycles. The largest absolute Gasteiger partial charge is 0.480 e. The molecular formula is C45H57ClN2O6. The molecule has 2 amide bonds. The van der Waals surface area contributed by atoms with E-state index in [9.17, 15) is 24.3 Å². The number of hydrogen-bond donors (Lipinski definition) is 3. The summed E-state index contributed by atoms with van der Waals surface area (Å²) >= 11 is 5.91. The van der Waals surface area contributed by atoms with E-state index in [0.717, 1.165) is 38.5 Å². The van der Waals surface area contributed by atoms with Crippen molar-refractivity contribution >= 4 is 35.2 Å². The molecule has 0 fully saturated rings. The number of aliphatic carboxylic acids is 1. The van der Waals surface area contributed by atoms with E-state index < -0.39 is 17.6 Å². The summed E-state index contributed by atoms with van der Waals surface area (Å²) in [6, 6.07) is 12.2. The van der Waals surface area contributed by atoms with E-state index >= 15 is 0 Å². The van der Waals surface area contributed by atoms with Gasteiger partial charge in [-0.25, -0.2) is 4.79 Å². The zero-order valence-electron chi connectivity index (χ0n) is 32.0. The van der Waals surface area contributed by atoms with Crippen LogP contribution in [0, 0.1) is 0 Å². The van der Waals surface area contributed by atoms with Crippen molar-refractivity contribution in [1.82, 2.24) is 10.6 Å². The van der Waals surface area contributed by atoms with Crippen LogP contribution in [-0.4, -0.2) is 46.9 Å². The molecule has 0 aliphatic heterocycles. The van der Waals surface area contributed by atoms with Gasteiger partial charge in [0.25, 0.3) is 5.91 Å². The second-order valence-corrected chi connectivity index (χ2v) is 13.6. The Bertz CT molecular complexity index is 1620. The number of carbonyl (C=O) groups is 4. The summed E-state index contributed by atoms with van der Waals surface area (Å²) in [5, 5.41) is 15.6. The number of amides is 2. The maximum Gasteiger partial charge on any atom is 0.326 e. The second kappa shape index (κ2) is 26.8. The number of rotatable bonds is 26. The lowest BCUT2D eigenvalue weighted by Crippen LogP contribution is -2.46. The highest BCUT2D eigenvalue weighted by Gasteiger charge is 2.29. The van der Waals surface area contributed by atoms with Crippen LogP contribution >= 0.6 is 11.6 Å². The molecule has 2 aromatic rings. The molecule has 2 rings (SSSR count). The van der Waals surface area contributed by atoms with Crippen molar-refractivity contribution < 1.29 is 29.0 Å². The van der Waals surface area contributed by atoms with E-state index in [2.05, 4.69) is 78.3 Å². The smallest absolute Gasteiger partial charge is 0.326 e. The number of unbranched alkanes of at least 4 members (excludes halogenated alkanes) is 1. The molecule has 0 aromatic heterocycles. The molecular weight excluding hydrogens is 700 g/mol. The molecule has 8 nitrogen and oxygen atoms in total. The average molecular weight is 757 g/mol. The Morgan fingerprint density at radius 1 is 0.722 bits per heavy atom. The predicted octanol–water partition coefficient (Wildman–Crippen LogP) is 10.1. The Hall–Kier alpha value is -4.95. The van der Waals surface area contributed by atoms with Crippen LogP contribution in [0.5, 0.6) is 5.75 Å². The fraction of sp³-hybridized carbons (Fsp3) is 0.378. The standard InChI is InChI=1S/C45H57ClN2O6/c1-4-5-6-7-8-9-10-11-12-13-14-15-16-17-18-19-20-21-22-26-41(49)48-40(43(51)52)25-23-24-35-47-44(53)45(2,3)54-39-33-29-37(30-34-39)42(50)36-27-31-38(46)32-28-36/h5-6,8-9,11-12,14-15,17-18,20-21,27-34,40H,4,7,10,13,16,19,22-26,35H2,1-3H3,(H,47,53)(H,48,49)(H,51,52)/b6-5-,9-8-,12-11-,15-14-,18-17-,21-20-. The van der Waals surface area contributed by atoms with Crippen molar-refractivity contribution in [2.45, 2.75) is 103 Å². The van der Waals surface area contributed by atoms with Crippen LogP contribution in [0.1, 0.15) is 107 Å². The number of carboxylic acid groups (broad SMARTS) is 1. The molecule has 9 heteroatoms. The normalized spacial score (nSPS) is 12.8. The number of ketones is 1. The monoisotopic (exact) mass is 756 g/mol. The molecule has 3 N–H and O–H groups in total. The Morgan fingerprint density at radius 3 is 1.70 bits per heavy atom. The van der Waals surface area contributed by atoms with E-state index in [0.29, 0.717) is 47.7 Å². The Labute approximate surface area is 326 Å². The molecule has 290 valence electrons. The Kier molecular flexibility index (Phi) is 22.4. The Balaban J connectivity index is 1.59. The zero-order valence-corrected chi connectivity index (χ0v) is 32.7. The van der Waals surface area contributed by atoms with Gasteiger partial charge in [-0.05, 0) is 127 Å². The first-order valence-corrected chi connectivity index (χ1v) is 19.2. The number of nitrogens with one attached hydrogen (secondary N) is 2. The quantitative estimate of drug-likeness (QED) is 0.0499. The van der Waals surface area contributed by atoms with E-state index in [-0.39, 0.29) is 30.4 Å². The maximum atomic E-state index is 12.8. The number of halogens is 1. The second-order valence-electron chi connectivity index (χ2n) is 13.1. The van der Waals surface area contributed by atoms with E-state index in [1.807, 2.05) is 12.2 Å². The molecule has 0 heterocycles. The van der Waals surface area contributed by atoms with Crippen LogP contribution in [0.2, 0.25) is 5.02 Å². The highest BCUT2D eigenvalue weighted by atomic mass is 35.5. The first-order valence-electron chi connectivity index (χ1n) is 18.8. The number of hydrogen-bond acceptors (Lipinski definition) is 5. The summed E-state index contributed by atoms with van der Waals surface area (Å²) in [6.45, 7) is 5.75. The van der Waals surface area contributed by atoms with Gasteiger partial charge in [-0.15, -0.1) is 0 Å². The number of carboxylic acids is 1. The summed E-state index contributed by atoms with van der Waals surface area (Å²) in [5.41, 5.74) is -0.197. The van der Waals surface area contributed by atoms with Gasteiger partial charge in [-0.2, -0.15) is 0 Å². The first kappa shape index (κ1) is 45.2. The molecule has 2 aromatic carbocycles. The van der Waals surface area contributed by atoms with Crippen LogP contribution in [0.25, 0.3) is 0 Å². The van der Waals surface area contributed by atoms with Gasteiger partial charge in [0.2, 0.25) is 5.91 Å². The topological polar surface area (TPSA) is 122 Å². The predicted molar refractivity (Wildman–Crippen MR) is 220 cm³/mol. The van der Waals surface area contributed by atoms with Crippen LogP contribution in [0.4, 0.5) is 0 Å². The van der Waals surface area contributed by atoms with Gasteiger partial charge >= 0.3 is 5.97 Å². The SMILES string of the molecule is CC/C=C\C/C=C\C/C=C\C/C=C\C/C=C\C/C=C\CCC(=O)NC(CCCCNC(=O)C(C)(C)Oc1ccc(C(=O)c2ccc(Cl)cc2)cc1)C(=O)O. The van der Waals surface area contributed by atoms with Gasteiger partial charge in [0.1, 0.15) is 11.8 Å². The average Bonchev–Trinajstić information content (AvgIpc) is 3.15. The van der Waals surface area contributed by atoms with Gasteiger partial charge in [-0.3, -0.25) is 14.4 Å². The lowest BCUT2D eigenvalue weighted by atomic mass is 10.0. The Morgan fingerprint density at radius 2 is 1.20 bits per heavy atom. The van der Waals surface area contributed by atoms with Gasteiger partial charge < -0.3 is 20.5 Å². The molecule has 0 aliphatic rings. The number of ether oxygens (including phenoxy) is 1. The van der Waals surface area contributed by atoms with Gasteiger partial charge in [0.05, 0.1) is 0 Å². The van der Waals surface area contributed by atoms with E-state index in [1.165, 1.54) is 0 Å². The van der Waals surface area contributed by atoms with Crippen LogP contribution < -0.4 is 15.4 Å². The van der Waals surface area contributed by atoms with Crippen molar-refractivity contribution in [3.63, 3.8) is 0 Å². The molecule has 0 saturated carbocycles. The summed E-state index contributed by atoms with van der Waals surface area (Å²) in [4.78, 5) is 49.7. The fourth-order valence-electron chi connectivity index (χ4n) is 5.05. The van der Waals surface area contributed by atoms with Crippen molar-refractivity contribution in [1.29, 1.82) is 0 Å². The highest BCUT2D eigenvalue weighted by Crippen LogP contribution is 2.21. The van der Waals surface area contributed by atoms with Gasteiger partial charge in [-0.1, -0.05) is 91.4 Å². The molecule has 0 spiro atoms. The number of benzene rings is 2. The molecule has 0 aliphatic carbocycles. The third-order valence-electron chi connectivity index (χ3n) is 8.12. The zero-order chi connectivity index (χ0) is 39.4. The summed E-state index contributed by atoms with van der Waals surface area (Å²) in [5.74, 6) is -1.45. The summed E-state index contributed by atoms with van der Waals surface area (Å²) < 4.78 is 5.91. The number of carbonyl (C=O) groups excluding carboxylic acids is 3. The van der Waals surface area contributed by atoms with Crippen molar-refractivity contribution in [2.75, 3.05) is 6.54 Å². The third-order valence-corrected chi connectivity index (χ3v) is 8.37. The molecule has 1 unspecified atom stereocenters. The van der Waals surface area contributed by atoms with Crippen molar-refractivity contribution in [2.24, 2.45) is 0 Å². The fourth-order valence-corrected chi connectivity index (χ4v) is 5.18. The minimum Gasteiger partial charge on any atom is -0.480 e. The van der Waals surface area contributed by atoms with E-state index in [4.69, 9.17) is 16.3 Å². The highest BCUT2D eigenvalue weighted by molar-refractivity contribution is 6.30. The minimum atomic E-state index is -1.19. The van der Waals surface area contributed by atoms with Crippen molar-refractivity contribution in [3.8, 4) is 5.75 Å². The summed E-state index contributed by atoms with van der Waals surface area (Å²) in [6.07, 6.45) is 33.1.